The van der Waals surface area contributed by atoms with Gasteiger partial charge in [0, 0.05) is 26.5 Å². The Hall–Kier alpha value is -0.290. The first kappa shape index (κ1) is 14.1. The number of thiophene rings is 1. The SMILES string of the molecule is CCNCc1ccc(SCc2sccc2Br)cc1. The van der Waals surface area contributed by atoms with Crippen molar-refractivity contribution in [2.45, 2.75) is 24.1 Å². The third kappa shape index (κ3) is 4.12. The van der Waals surface area contributed by atoms with Crippen molar-refractivity contribution in [1.29, 1.82) is 0 Å². The van der Waals surface area contributed by atoms with E-state index in [2.05, 4.69) is 63.9 Å². The fourth-order valence-corrected chi connectivity index (χ4v) is 4.24. The Morgan fingerprint density at radius 2 is 2.00 bits per heavy atom. The van der Waals surface area contributed by atoms with Crippen LogP contribution in [0, 0.1) is 0 Å². The summed E-state index contributed by atoms with van der Waals surface area (Å²) in [5.74, 6) is 1.03. The number of hydrogen-bond donors (Lipinski definition) is 1. The average molecular weight is 342 g/mol. The predicted octanol–water partition coefficient (Wildman–Crippen LogP) is 4.91. The van der Waals surface area contributed by atoms with E-state index in [4.69, 9.17) is 0 Å². The summed E-state index contributed by atoms with van der Waals surface area (Å²) in [5, 5.41) is 5.46. The number of nitrogens with one attached hydrogen (secondary N) is 1. The maximum atomic E-state index is 3.57. The molecule has 2 aromatic rings. The fraction of sp³-hybridized carbons (Fsp3) is 0.286. The van der Waals surface area contributed by atoms with Gasteiger partial charge >= 0.3 is 0 Å². The van der Waals surface area contributed by atoms with E-state index >= 15 is 0 Å². The summed E-state index contributed by atoms with van der Waals surface area (Å²) < 4.78 is 1.23. The zero-order valence-corrected chi connectivity index (χ0v) is 13.5. The van der Waals surface area contributed by atoms with Crippen molar-refractivity contribution in [1.82, 2.24) is 5.32 Å². The minimum absolute atomic E-state index is 0.956. The third-order valence-electron chi connectivity index (χ3n) is 2.56. The second-order valence-electron chi connectivity index (χ2n) is 3.90. The van der Waals surface area contributed by atoms with Crippen LogP contribution in [0.5, 0.6) is 0 Å². The quantitative estimate of drug-likeness (QED) is 0.749. The number of thioether (sulfide) groups is 1. The molecule has 0 bridgehead atoms. The lowest BCUT2D eigenvalue weighted by Gasteiger charge is -2.04. The highest BCUT2D eigenvalue weighted by Gasteiger charge is 2.02. The number of hydrogen-bond acceptors (Lipinski definition) is 3. The van der Waals surface area contributed by atoms with Crippen LogP contribution in [0.15, 0.2) is 45.1 Å². The number of rotatable bonds is 6. The molecule has 0 aliphatic rings. The van der Waals surface area contributed by atoms with Gasteiger partial charge in [0.25, 0.3) is 0 Å². The highest BCUT2D eigenvalue weighted by Crippen LogP contribution is 2.30. The summed E-state index contributed by atoms with van der Waals surface area (Å²) in [6, 6.07) is 10.9. The number of halogens is 1. The highest BCUT2D eigenvalue weighted by molar-refractivity contribution is 9.10. The molecule has 4 heteroatoms. The molecule has 0 spiro atoms. The van der Waals surface area contributed by atoms with Crippen LogP contribution >= 0.6 is 39.0 Å². The summed E-state index contributed by atoms with van der Waals surface area (Å²) >= 11 is 7.26. The molecular formula is C14H16BrNS2. The van der Waals surface area contributed by atoms with Crippen molar-refractivity contribution in [2.24, 2.45) is 0 Å². The molecule has 1 aromatic heterocycles. The lowest BCUT2D eigenvalue weighted by Crippen LogP contribution is -2.11. The van der Waals surface area contributed by atoms with Gasteiger partial charge in [-0.2, -0.15) is 0 Å². The summed E-state index contributed by atoms with van der Waals surface area (Å²) in [6.45, 7) is 4.10. The van der Waals surface area contributed by atoms with Crippen LogP contribution < -0.4 is 5.32 Å². The van der Waals surface area contributed by atoms with Crippen molar-refractivity contribution >= 4 is 39.0 Å². The molecule has 0 radical (unpaired) electrons. The van der Waals surface area contributed by atoms with Gasteiger partial charge in [0.2, 0.25) is 0 Å². The fourth-order valence-electron chi connectivity index (χ4n) is 1.55. The molecule has 0 aliphatic heterocycles. The van der Waals surface area contributed by atoms with E-state index in [1.165, 1.54) is 19.8 Å². The molecule has 96 valence electrons. The van der Waals surface area contributed by atoms with Crippen LogP contribution in [-0.2, 0) is 12.3 Å². The molecule has 1 heterocycles. The zero-order valence-electron chi connectivity index (χ0n) is 10.3. The second-order valence-corrected chi connectivity index (χ2v) is 6.81. The highest BCUT2D eigenvalue weighted by atomic mass is 79.9. The first-order valence-corrected chi connectivity index (χ1v) is 8.59. The standard InChI is InChI=1S/C14H16BrNS2/c1-2-16-9-11-3-5-12(6-4-11)18-10-14-13(15)7-8-17-14/h3-8,16H,2,9-10H2,1H3. The number of benzene rings is 1. The van der Waals surface area contributed by atoms with Crippen molar-refractivity contribution in [3.63, 3.8) is 0 Å². The normalized spacial score (nSPS) is 10.8. The van der Waals surface area contributed by atoms with Crippen molar-refractivity contribution in [2.75, 3.05) is 6.54 Å². The Labute approximate surface area is 125 Å². The molecule has 0 saturated heterocycles. The zero-order chi connectivity index (χ0) is 12.8. The topological polar surface area (TPSA) is 12.0 Å². The van der Waals surface area contributed by atoms with Crippen LogP contribution in [0.25, 0.3) is 0 Å². The smallest absolute Gasteiger partial charge is 0.0337 e. The van der Waals surface area contributed by atoms with Gasteiger partial charge in [-0.25, -0.2) is 0 Å². The van der Waals surface area contributed by atoms with E-state index in [1.54, 1.807) is 11.3 Å². The monoisotopic (exact) mass is 341 g/mol. The van der Waals surface area contributed by atoms with Gasteiger partial charge < -0.3 is 5.32 Å². The average Bonchev–Trinajstić information content (AvgIpc) is 2.81. The predicted molar refractivity (Wildman–Crippen MR) is 85.4 cm³/mol. The van der Waals surface area contributed by atoms with Gasteiger partial charge in [0.1, 0.15) is 0 Å². The largest absolute Gasteiger partial charge is 0.313 e. The maximum absolute atomic E-state index is 3.57. The molecule has 0 unspecified atom stereocenters. The van der Waals surface area contributed by atoms with Crippen molar-refractivity contribution in [3.8, 4) is 0 Å². The van der Waals surface area contributed by atoms with E-state index in [0.717, 1.165) is 18.8 Å². The van der Waals surface area contributed by atoms with Gasteiger partial charge in [-0.15, -0.1) is 23.1 Å². The minimum Gasteiger partial charge on any atom is -0.313 e. The first-order chi connectivity index (χ1) is 8.79. The Morgan fingerprint density at radius 3 is 2.61 bits per heavy atom. The molecule has 0 amide bonds. The molecule has 18 heavy (non-hydrogen) atoms. The Kier molecular flexibility index (Phi) is 5.76. The van der Waals surface area contributed by atoms with E-state index in [-0.39, 0.29) is 0 Å². The Bertz CT molecular complexity index is 479. The van der Waals surface area contributed by atoms with E-state index in [9.17, 15) is 0 Å². The van der Waals surface area contributed by atoms with E-state index < -0.39 is 0 Å². The first-order valence-electron chi connectivity index (χ1n) is 5.94. The van der Waals surface area contributed by atoms with Crippen LogP contribution in [0.3, 0.4) is 0 Å². The summed E-state index contributed by atoms with van der Waals surface area (Å²) in [4.78, 5) is 2.73. The van der Waals surface area contributed by atoms with Gasteiger partial charge in [-0.3, -0.25) is 0 Å². The molecular weight excluding hydrogens is 326 g/mol. The molecule has 0 fully saturated rings. The van der Waals surface area contributed by atoms with Gasteiger partial charge in [-0.1, -0.05) is 19.1 Å². The van der Waals surface area contributed by atoms with Gasteiger partial charge in [0.15, 0.2) is 0 Å². The van der Waals surface area contributed by atoms with Crippen LogP contribution in [0.4, 0.5) is 0 Å². The maximum Gasteiger partial charge on any atom is 0.0337 e. The van der Waals surface area contributed by atoms with Gasteiger partial charge in [0.05, 0.1) is 0 Å². The lowest BCUT2D eigenvalue weighted by molar-refractivity contribution is 0.726. The molecule has 1 N–H and O–H groups in total. The molecule has 0 saturated carbocycles. The van der Waals surface area contributed by atoms with E-state index in [1.807, 2.05) is 11.8 Å². The molecule has 2 rings (SSSR count). The van der Waals surface area contributed by atoms with Crippen LogP contribution in [-0.4, -0.2) is 6.54 Å². The van der Waals surface area contributed by atoms with Crippen LogP contribution in [0.2, 0.25) is 0 Å². The molecule has 0 atom stereocenters. The lowest BCUT2D eigenvalue weighted by atomic mass is 10.2. The van der Waals surface area contributed by atoms with Crippen LogP contribution in [0.1, 0.15) is 17.4 Å². The second kappa shape index (κ2) is 7.34. The van der Waals surface area contributed by atoms with Crippen molar-refractivity contribution < 1.29 is 0 Å². The van der Waals surface area contributed by atoms with E-state index in [0.29, 0.717) is 0 Å². The third-order valence-corrected chi connectivity index (χ3v) is 5.71. The van der Waals surface area contributed by atoms with Crippen molar-refractivity contribution in [3.05, 3.63) is 50.6 Å². The minimum atomic E-state index is 0.956. The molecule has 0 aliphatic carbocycles. The molecule has 1 nitrogen and oxygen atoms in total. The van der Waals surface area contributed by atoms with Gasteiger partial charge in [-0.05, 0) is 51.6 Å². The summed E-state index contributed by atoms with van der Waals surface area (Å²) in [7, 11) is 0. The Balaban J connectivity index is 1.88. The molecule has 1 aromatic carbocycles. The summed E-state index contributed by atoms with van der Waals surface area (Å²) in [6.07, 6.45) is 0. The summed E-state index contributed by atoms with van der Waals surface area (Å²) in [5.41, 5.74) is 1.35. The Morgan fingerprint density at radius 1 is 1.22 bits per heavy atom.